The summed E-state index contributed by atoms with van der Waals surface area (Å²) in [6, 6.07) is 2.13. The van der Waals surface area contributed by atoms with Gasteiger partial charge in [-0.15, -0.1) is 11.3 Å². The van der Waals surface area contributed by atoms with Gasteiger partial charge in [-0.2, -0.15) is 0 Å². The lowest BCUT2D eigenvalue weighted by Gasteiger charge is -2.27. The van der Waals surface area contributed by atoms with E-state index in [9.17, 15) is 9.59 Å². The van der Waals surface area contributed by atoms with Crippen LogP contribution < -0.4 is 0 Å². The van der Waals surface area contributed by atoms with Crippen LogP contribution in [0, 0.1) is 0 Å². The van der Waals surface area contributed by atoms with Gasteiger partial charge in [0.25, 0.3) is 5.91 Å². The van der Waals surface area contributed by atoms with E-state index in [0.717, 1.165) is 18.9 Å². The zero-order valence-corrected chi connectivity index (χ0v) is 12.4. The fourth-order valence-electron chi connectivity index (χ4n) is 2.70. The van der Waals surface area contributed by atoms with Crippen molar-refractivity contribution < 1.29 is 14.7 Å². The lowest BCUT2D eigenvalue weighted by Crippen LogP contribution is -2.38. The molecule has 20 heavy (non-hydrogen) atoms. The molecule has 0 radical (unpaired) electrons. The van der Waals surface area contributed by atoms with Gasteiger partial charge in [0.15, 0.2) is 0 Å². The quantitative estimate of drug-likeness (QED) is 0.848. The smallest absolute Gasteiger partial charge is 0.328 e. The average Bonchev–Trinajstić information content (AvgIpc) is 3.08. The Balaban J connectivity index is 2.19. The molecule has 1 aliphatic rings. The fourth-order valence-corrected chi connectivity index (χ4v) is 3.54. The average molecular weight is 293 g/mol. The van der Waals surface area contributed by atoms with Gasteiger partial charge in [0, 0.05) is 18.7 Å². The number of carboxylic acid groups (broad SMARTS) is 1. The fraction of sp³-hybridized carbons (Fsp3) is 0.467. The normalized spacial score (nSPS) is 15.8. The van der Waals surface area contributed by atoms with Gasteiger partial charge in [0.1, 0.15) is 0 Å². The van der Waals surface area contributed by atoms with Crippen molar-refractivity contribution in [3.8, 4) is 0 Å². The van der Waals surface area contributed by atoms with Crippen LogP contribution in [0.2, 0.25) is 0 Å². The minimum Gasteiger partial charge on any atom is -0.478 e. The molecule has 1 N–H and O–H groups in total. The van der Waals surface area contributed by atoms with Crippen LogP contribution in [-0.4, -0.2) is 34.5 Å². The second-order valence-electron chi connectivity index (χ2n) is 4.91. The highest BCUT2D eigenvalue weighted by Crippen LogP contribution is 2.27. The van der Waals surface area contributed by atoms with Gasteiger partial charge in [-0.25, -0.2) is 4.79 Å². The molecule has 0 saturated heterocycles. The summed E-state index contributed by atoms with van der Waals surface area (Å²) < 4.78 is 0. The lowest BCUT2D eigenvalue weighted by atomic mass is 10.1. The molecule has 0 unspecified atom stereocenters. The minimum absolute atomic E-state index is 0.0273. The molecule has 1 amide bonds. The largest absolute Gasteiger partial charge is 0.478 e. The van der Waals surface area contributed by atoms with Crippen LogP contribution in [0.4, 0.5) is 0 Å². The molecular weight excluding hydrogens is 274 g/mol. The van der Waals surface area contributed by atoms with E-state index < -0.39 is 5.97 Å². The van der Waals surface area contributed by atoms with E-state index in [1.165, 1.54) is 30.3 Å². The van der Waals surface area contributed by atoms with Crippen LogP contribution in [0.25, 0.3) is 6.08 Å². The van der Waals surface area contributed by atoms with Crippen molar-refractivity contribution in [2.24, 2.45) is 0 Å². The number of thiophene rings is 1. The highest BCUT2D eigenvalue weighted by atomic mass is 32.1. The maximum Gasteiger partial charge on any atom is 0.328 e. The number of hydrogen-bond donors (Lipinski definition) is 1. The van der Waals surface area contributed by atoms with Crippen LogP contribution in [0.3, 0.4) is 0 Å². The van der Waals surface area contributed by atoms with Gasteiger partial charge in [-0.05, 0) is 42.9 Å². The van der Waals surface area contributed by atoms with E-state index >= 15 is 0 Å². The summed E-state index contributed by atoms with van der Waals surface area (Å²) in [5, 5.41) is 10.5. The van der Waals surface area contributed by atoms with E-state index in [4.69, 9.17) is 5.11 Å². The van der Waals surface area contributed by atoms with Crippen molar-refractivity contribution in [3.05, 3.63) is 28.0 Å². The third kappa shape index (κ3) is 3.28. The molecule has 0 spiro atoms. The zero-order valence-electron chi connectivity index (χ0n) is 11.5. The number of hydrogen-bond acceptors (Lipinski definition) is 3. The van der Waals surface area contributed by atoms with Gasteiger partial charge in [-0.3, -0.25) is 4.79 Å². The Labute approximate surface area is 122 Å². The molecule has 0 aliphatic heterocycles. The summed E-state index contributed by atoms with van der Waals surface area (Å²) >= 11 is 1.38. The van der Waals surface area contributed by atoms with Crippen molar-refractivity contribution in [1.82, 2.24) is 4.90 Å². The maximum absolute atomic E-state index is 12.6. The minimum atomic E-state index is -1.00. The molecule has 1 saturated carbocycles. The highest BCUT2D eigenvalue weighted by Gasteiger charge is 2.27. The Bertz CT molecular complexity index is 515. The Hall–Kier alpha value is -1.62. The highest BCUT2D eigenvalue weighted by molar-refractivity contribution is 7.12. The Kier molecular flexibility index (Phi) is 4.95. The number of carboxylic acids is 1. The summed E-state index contributed by atoms with van der Waals surface area (Å²) in [5.41, 5.74) is 0.693. The second-order valence-corrected chi connectivity index (χ2v) is 5.82. The standard InChI is InChI=1S/C15H19NO3S/c1-2-16(12-5-3-4-6-12)15(19)14-11(9-10-20-14)7-8-13(17)18/h7-10,12H,2-6H2,1H3,(H,17,18). The SMILES string of the molecule is CCN(C(=O)c1sccc1C=CC(=O)O)C1CCCC1. The third-order valence-corrected chi connectivity index (χ3v) is 4.58. The predicted molar refractivity (Wildman–Crippen MR) is 80.0 cm³/mol. The van der Waals surface area contributed by atoms with Crippen molar-refractivity contribution >= 4 is 29.3 Å². The molecule has 1 fully saturated rings. The number of nitrogens with zero attached hydrogens (tertiary/aromatic N) is 1. The summed E-state index contributed by atoms with van der Waals surface area (Å²) in [6.45, 7) is 2.69. The van der Waals surface area contributed by atoms with Crippen LogP contribution >= 0.6 is 11.3 Å². The van der Waals surface area contributed by atoms with Gasteiger partial charge >= 0.3 is 5.97 Å². The van der Waals surface area contributed by atoms with Gasteiger partial charge in [0.2, 0.25) is 0 Å². The van der Waals surface area contributed by atoms with E-state index in [-0.39, 0.29) is 5.91 Å². The summed E-state index contributed by atoms with van der Waals surface area (Å²) in [6.07, 6.45) is 7.09. The van der Waals surface area contributed by atoms with Crippen molar-refractivity contribution in [1.29, 1.82) is 0 Å². The van der Waals surface area contributed by atoms with Gasteiger partial charge in [0.05, 0.1) is 4.88 Å². The molecule has 0 aromatic carbocycles. The van der Waals surface area contributed by atoms with Crippen LogP contribution in [0.15, 0.2) is 17.5 Å². The number of rotatable bonds is 5. The first-order valence-corrected chi connectivity index (χ1v) is 7.81. The van der Waals surface area contributed by atoms with Crippen LogP contribution in [0.1, 0.15) is 47.8 Å². The first-order valence-electron chi connectivity index (χ1n) is 6.93. The first kappa shape index (κ1) is 14.8. The number of amides is 1. The van der Waals surface area contributed by atoms with E-state index in [1.807, 2.05) is 17.2 Å². The summed E-state index contributed by atoms with van der Waals surface area (Å²) in [4.78, 5) is 25.8. The molecule has 1 aliphatic carbocycles. The Morgan fingerprint density at radius 3 is 2.75 bits per heavy atom. The molecule has 4 nitrogen and oxygen atoms in total. The number of carbonyl (C=O) groups is 2. The van der Waals surface area contributed by atoms with Crippen molar-refractivity contribution in [2.45, 2.75) is 38.6 Å². The molecular formula is C15H19NO3S. The Morgan fingerprint density at radius 1 is 1.45 bits per heavy atom. The maximum atomic E-state index is 12.6. The molecule has 1 aromatic rings. The molecule has 1 aromatic heterocycles. The molecule has 108 valence electrons. The molecule has 2 rings (SSSR count). The monoisotopic (exact) mass is 293 g/mol. The van der Waals surface area contributed by atoms with E-state index in [0.29, 0.717) is 23.0 Å². The van der Waals surface area contributed by atoms with E-state index in [2.05, 4.69) is 0 Å². The summed E-state index contributed by atoms with van der Waals surface area (Å²) in [5.74, 6) is -0.975. The molecule has 0 bridgehead atoms. The lowest BCUT2D eigenvalue weighted by molar-refractivity contribution is -0.131. The Morgan fingerprint density at radius 2 is 2.15 bits per heavy atom. The number of aliphatic carboxylic acids is 1. The van der Waals surface area contributed by atoms with Crippen molar-refractivity contribution in [3.63, 3.8) is 0 Å². The van der Waals surface area contributed by atoms with Gasteiger partial charge in [-0.1, -0.05) is 12.8 Å². The zero-order chi connectivity index (χ0) is 14.5. The molecule has 0 atom stereocenters. The third-order valence-electron chi connectivity index (χ3n) is 3.66. The van der Waals surface area contributed by atoms with E-state index in [1.54, 1.807) is 6.07 Å². The topological polar surface area (TPSA) is 57.6 Å². The predicted octanol–water partition coefficient (Wildman–Crippen LogP) is 3.25. The first-order chi connectivity index (χ1) is 9.63. The molecule has 5 heteroatoms. The van der Waals surface area contributed by atoms with Crippen LogP contribution in [-0.2, 0) is 4.79 Å². The summed E-state index contributed by atoms with van der Waals surface area (Å²) in [7, 11) is 0. The number of carbonyl (C=O) groups excluding carboxylic acids is 1. The van der Waals surface area contributed by atoms with Crippen molar-refractivity contribution in [2.75, 3.05) is 6.54 Å². The van der Waals surface area contributed by atoms with Gasteiger partial charge < -0.3 is 10.0 Å². The second kappa shape index (κ2) is 6.70. The molecule has 1 heterocycles. The van der Waals surface area contributed by atoms with Crippen LogP contribution in [0.5, 0.6) is 0 Å².